The van der Waals surface area contributed by atoms with Crippen LogP contribution in [0.15, 0.2) is 15.9 Å². The van der Waals surface area contributed by atoms with Crippen molar-refractivity contribution in [2.75, 3.05) is 0 Å². The van der Waals surface area contributed by atoms with Gasteiger partial charge in [0.15, 0.2) is 0 Å². The van der Waals surface area contributed by atoms with Crippen LogP contribution in [0.1, 0.15) is 11.8 Å². The van der Waals surface area contributed by atoms with Crippen molar-refractivity contribution in [3.8, 4) is 0 Å². The van der Waals surface area contributed by atoms with Crippen molar-refractivity contribution in [1.29, 1.82) is 0 Å². The first-order valence-electron chi connectivity index (χ1n) is 3.55. The molecule has 1 unspecified atom stereocenters. The van der Waals surface area contributed by atoms with Gasteiger partial charge in [0.1, 0.15) is 0 Å². The number of thiophene rings is 1. The second kappa shape index (κ2) is 4.05. The number of halogens is 1. The molecule has 0 spiro atoms. The Morgan fingerprint density at radius 2 is 2.50 bits per heavy atom. The number of carboxylic acids is 1. The van der Waals surface area contributed by atoms with Crippen molar-refractivity contribution in [2.24, 2.45) is 5.92 Å². The van der Waals surface area contributed by atoms with E-state index in [0.29, 0.717) is 6.42 Å². The van der Waals surface area contributed by atoms with E-state index in [9.17, 15) is 4.79 Å². The van der Waals surface area contributed by atoms with Gasteiger partial charge in [-0.3, -0.25) is 4.79 Å². The Kier molecular flexibility index (Phi) is 3.29. The normalized spacial score (nSPS) is 12.8. The van der Waals surface area contributed by atoms with Crippen LogP contribution in [-0.2, 0) is 11.2 Å². The highest BCUT2D eigenvalue weighted by atomic mass is 79.9. The van der Waals surface area contributed by atoms with Gasteiger partial charge in [0.2, 0.25) is 0 Å². The van der Waals surface area contributed by atoms with Gasteiger partial charge in [-0.1, -0.05) is 6.92 Å². The zero-order valence-corrected chi connectivity index (χ0v) is 8.98. The molecule has 0 fully saturated rings. The maximum absolute atomic E-state index is 10.5. The summed E-state index contributed by atoms with van der Waals surface area (Å²) >= 11 is 4.91. The van der Waals surface area contributed by atoms with E-state index in [1.54, 1.807) is 18.3 Å². The molecule has 0 bridgehead atoms. The van der Waals surface area contributed by atoms with Crippen LogP contribution in [0.5, 0.6) is 0 Å². The molecule has 1 aromatic rings. The summed E-state index contributed by atoms with van der Waals surface area (Å²) in [6, 6.07) is 1.96. The van der Waals surface area contributed by atoms with Crippen molar-refractivity contribution in [3.05, 3.63) is 20.8 Å². The van der Waals surface area contributed by atoms with E-state index in [2.05, 4.69) is 15.9 Å². The molecule has 0 radical (unpaired) electrons. The molecule has 2 nitrogen and oxygen atoms in total. The summed E-state index contributed by atoms with van der Waals surface area (Å²) in [6.45, 7) is 1.72. The molecule has 66 valence electrons. The Labute approximate surface area is 83.4 Å². The van der Waals surface area contributed by atoms with Crippen molar-refractivity contribution in [1.82, 2.24) is 0 Å². The van der Waals surface area contributed by atoms with Gasteiger partial charge in [0.25, 0.3) is 0 Å². The predicted octanol–water partition coefficient (Wildman–Crippen LogP) is 2.77. The first-order valence-corrected chi connectivity index (χ1v) is 5.22. The van der Waals surface area contributed by atoms with Gasteiger partial charge in [0, 0.05) is 14.7 Å². The molecule has 1 rings (SSSR count). The minimum atomic E-state index is -0.737. The fourth-order valence-corrected chi connectivity index (χ4v) is 2.43. The van der Waals surface area contributed by atoms with Crippen LogP contribution >= 0.6 is 27.3 Å². The topological polar surface area (TPSA) is 37.3 Å². The quantitative estimate of drug-likeness (QED) is 0.894. The highest BCUT2D eigenvalue weighted by Gasteiger charge is 2.12. The lowest BCUT2D eigenvalue weighted by atomic mass is 10.1. The largest absolute Gasteiger partial charge is 0.481 e. The molecule has 1 aromatic heterocycles. The average Bonchev–Trinajstić information content (AvgIpc) is 2.35. The molecule has 1 atom stereocenters. The number of hydrogen-bond donors (Lipinski definition) is 1. The summed E-state index contributed by atoms with van der Waals surface area (Å²) in [5.74, 6) is -1.03. The van der Waals surface area contributed by atoms with E-state index in [0.717, 1.165) is 9.35 Å². The molecule has 0 saturated heterocycles. The first kappa shape index (κ1) is 9.74. The number of carboxylic acid groups (broad SMARTS) is 1. The van der Waals surface area contributed by atoms with Crippen LogP contribution in [0, 0.1) is 5.92 Å². The zero-order valence-electron chi connectivity index (χ0n) is 6.58. The minimum Gasteiger partial charge on any atom is -0.481 e. The molecule has 0 aliphatic carbocycles. The fourth-order valence-electron chi connectivity index (χ4n) is 0.850. The molecule has 0 aromatic carbocycles. The Balaban J connectivity index is 2.58. The number of rotatable bonds is 3. The second-order valence-corrected chi connectivity index (χ2v) is 4.59. The van der Waals surface area contributed by atoms with Gasteiger partial charge >= 0.3 is 5.97 Å². The maximum Gasteiger partial charge on any atom is 0.306 e. The number of carbonyl (C=O) groups is 1. The van der Waals surface area contributed by atoms with Crippen LogP contribution in [0.25, 0.3) is 0 Å². The summed E-state index contributed by atoms with van der Waals surface area (Å²) in [5.41, 5.74) is 0. The van der Waals surface area contributed by atoms with Gasteiger partial charge in [-0.15, -0.1) is 11.3 Å². The highest BCUT2D eigenvalue weighted by Crippen LogP contribution is 2.22. The standard InChI is InChI=1S/C8H9BrO2S/c1-5(8(10)11)2-7-3-6(9)4-12-7/h3-5H,2H2,1H3,(H,10,11). The average molecular weight is 249 g/mol. The van der Waals surface area contributed by atoms with Crippen LogP contribution in [-0.4, -0.2) is 11.1 Å². The molecule has 1 N–H and O–H groups in total. The van der Waals surface area contributed by atoms with E-state index < -0.39 is 5.97 Å². The van der Waals surface area contributed by atoms with E-state index in [1.807, 2.05) is 11.4 Å². The Morgan fingerprint density at radius 1 is 1.83 bits per heavy atom. The molecule has 0 aliphatic rings. The van der Waals surface area contributed by atoms with Crippen molar-refractivity contribution >= 4 is 33.2 Å². The lowest BCUT2D eigenvalue weighted by molar-refractivity contribution is -0.141. The molecular formula is C8H9BrO2S. The van der Waals surface area contributed by atoms with E-state index in [1.165, 1.54) is 0 Å². The zero-order chi connectivity index (χ0) is 9.14. The third-order valence-electron chi connectivity index (χ3n) is 1.55. The van der Waals surface area contributed by atoms with E-state index >= 15 is 0 Å². The lowest BCUT2D eigenvalue weighted by Crippen LogP contribution is -2.11. The van der Waals surface area contributed by atoms with Gasteiger partial charge in [-0.25, -0.2) is 0 Å². The highest BCUT2D eigenvalue weighted by molar-refractivity contribution is 9.10. The molecular weight excluding hydrogens is 240 g/mol. The molecule has 0 amide bonds. The second-order valence-electron chi connectivity index (χ2n) is 2.67. The minimum absolute atomic E-state index is 0.296. The summed E-state index contributed by atoms with van der Waals surface area (Å²) in [6.07, 6.45) is 0.617. The smallest absolute Gasteiger partial charge is 0.306 e. The molecule has 12 heavy (non-hydrogen) atoms. The van der Waals surface area contributed by atoms with Crippen molar-refractivity contribution in [3.63, 3.8) is 0 Å². The van der Waals surface area contributed by atoms with Gasteiger partial charge < -0.3 is 5.11 Å². The maximum atomic E-state index is 10.5. The van der Waals surface area contributed by atoms with Gasteiger partial charge in [-0.2, -0.15) is 0 Å². The summed E-state index contributed by atoms with van der Waals surface area (Å²) in [7, 11) is 0. The summed E-state index contributed by atoms with van der Waals surface area (Å²) in [5, 5.41) is 10.6. The van der Waals surface area contributed by atoms with Crippen LogP contribution in [0.2, 0.25) is 0 Å². The Morgan fingerprint density at radius 3 is 2.92 bits per heavy atom. The van der Waals surface area contributed by atoms with Crippen LogP contribution in [0.3, 0.4) is 0 Å². The first-order chi connectivity index (χ1) is 5.59. The number of hydrogen-bond acceptors (Lipinski definition) is 2. The molecule has 4 heteroatoms. The van der Waals surface area contributed by atoms with Crippen LogP contribution < -0.4 is 0 Å². The monoisotopic (exact) mass is 248 g/mol. The molecule has 1 heterocycles. The van der Waals surface area contributed by atoms with Gasteiger partial charge in [0.05, 0.1) is 5.92 Å². The SMILES string of the molecule is CC(Cc1cc(Br)cs1)C(=O)O. The Bertz CT molecular complexity index is 282. The van der Waals surface area contributed by atoms with Crippen molar-refractivity contribution < 1.29 is 9.90 Å². The summed E-state index contributed by atoms with van der Waals surface area (Å²) in [4.78, 5) is 11.6. The van der Waals surface area contributed by atoms with E-state index in [-0.39, 0.29) is 5.92 Å². The summed E-state index contributed by atoms with van der Waals surface area (Å²) < 4.78 is 1.03. The van der Waals surface area contributed by atoms with Gasteiger partial charge in [-0.05, 0) is 28.4 Å². The van der Waals surface area contributed by atoms with E-state index in [4.69, 9.17) is 5.11 Å². The fraction of sp³-hybridized carbons (Fsp3) is 0.375. The predicted molar refractivity (Wildman–Crippen MR) is 52.5 cm³/mol. The third-order valence-corrected chi connectivity index (χ3v) is 3.27. The molecule has 0 saturated carbocycles. The lowest BCUT2D eigenvalue weighted by Gasteiger charge is -2.01. The van der Waals surface area contributed by atoms with Crippen molar-refractivity contribution in [2.45, 2.75) is 13.3 Å². The molecule has 0 aliphatic heterocycles. The third kappa shape index (κ3) is 2.60. The van der Waals surface area contributed by atoms with Crippen LogP contribution in [0.4, 0.5) is 0 Å². The number of aliphatic carboxylic acids is 1. The Hall–Kier alpha value is -0.350.